The number of oxazole rings is 1. The number of hydrogen-bond donors (Lipinski definition) is 2. The molecule has 0 spiro atoms. The number of urea groups is 1. The highest BCUT2D eigenvalue weighted by molar-refractivity contribution is 5.75. The van der Waals surface area contributed by atoms with Crippen LogP contribution in [0.1, 0.15) is 18.6 Å². The molecule has 1 aromatic heterocycles. The summed E-state index contributed by atoms with van der Waals surface area (Å²) in [6.07, 6.45) is 1.59. The second-order valence-corrected chi connectivity index (χ2v) is 5.01. The van der Waals surface area contributed by atoms with Gasteiger partial charge < -0.3 is 24.5 Å². The molecule has 2 N–H and O–H groups in total. The third-order valence-electron chi connectivity index (χ3n) is 2.94. The summed E-state index contributed by atoms with van der Waals surface area (Å²) >= 11 is 0. The molecule has 0 saturated carbocycles. The smallest absolute Gasteiger partial charge is 0.329 e. The number of nitrogens with one attached hydrogen (secondary N) is 1. The summed E-state index contributed by atoms with van der Waals surface area (Å²) in [5, 5.41) is 11.2. The number of ether oxygens (including phenoxy) is 1. The van der Waals surface area contributed by atoms with Gasteiger partial charge >= 0.3 is 12.0 Å². The molecule has 0 radical (unpaired) electrons. The van der Waals surface area contributed by atoms with E-state index in [4.69, 9.17) is 14.3 Å². The lowest BCUT2D eigenvalue weighted by Crippen LogP contribution is -2.65. The van der Waals surface area contributed by atoms with Gasteiger partial charge in [0.1, 0.15) is 18.0 Å². The van der Waals surface area contributed by atoms with E-state index in [1.54, 1.807) is 20.0 Å². The second-order valence-electron chi connectivity index (χ2n) is 5.01. The minimum atomic E-state index is -1.02. The molecule has 0 atom stereocenters. The minimum absolute atomic E-state index is 0.218. The van der Waals surface area contributed by atoms with Crippen molar-refractivity contribution in [3.05, 3.63) is 17.8 Å². The number of likely N-dealkylation sites (tertiary alicyclic amines) is 1. The Bertz CT molecular complexity index is 507. The molecule has 8 nitrogen and oxygen atoms in total. The fourth-order valence-electron chi connectivity index (χ4n) is 1.98. The van der Waals surface area contributed by atoms with Crippen molar-refractivity contribution < 1.29 is 23.8 Å². The highest BCUT2D eigenvalue weighted by Crippen LogP contribution is 2.24. The van der Waals surface area contributed by atoms with Crippen molar-refractivity contribution in [3.8, 4) is 0 Å². The maximum absolute atomic E-state index is 11.8. The van der Waals surface area contributed by atoms with E-state index in [9.17, 15) is 9.59 Å². The first-order valence-electron chi connectivity index (χ1n) is 6.18. The molecule has 1 aliphatic heterocycles. The third-order valence-corrected chi connectivity index (χ3v) is 2.94. The summed E-state index contributed by atoms with van der Waals surface area (Å²) in [5.74, 6) is 0.113. The fraction of sp³-hybridized carbons (Fsp3) is 0.583. The topological polar surface area (TPSA) is 105 Å². The van der Waals surface area contributed by atoms with Crippen LogP contribution < -0.4 is 5.32 Å². The molecule has 110 valence electrons. The van der Waals surface area contributed by atoms with Gasteiger partial charge in [-0.25, -0.2) is 14.6 Å². The van der Waals surface area contributed by atoms with E-state index in [1.165, 1.54) is 4.90 Å². The minimum Gasteiger partial charge on any atom is -0.480 e. The van der Waals surface area contributed by atoms with E-state index in [-0.39, 0.29) is 19.2 Å². The molecular formula is C12H17N3O5. The molecule has 20 heavy (non-hydrogen) atoms. The van der Waals surface area contributed by atoms with Gasteiger partial charge in [0.15, 0.2) is 0 Å². The summed E-state index contributed by atoms with van der Waals surface area (Å²) in [6.45, 7) is 4.13. The number of aromatic nitrogens is 1. The van der Waals surface area contributed by atoms with E-state index in [0.717, 1.165) is 0 Å². The number of rotatable bonds is 5. The molecule has 0 unspecified atom stereocenters. The normalized spacial score (nSPS) is 16.6. The Morgan fingerprint density at radius 2 is 2.30 bits per heavy atom. The van der Waals surface area contributed by atoms with Crippen molar-refractivity contribution in [3.63, 3.8) is 0 Å². The van der Waals surface area contributed by atoms with Gasteiger partial charge in [-0.2, -0.15) is 0 Å². The van der Waals surface area contributed by atoms with Crippen molar-refractivity contribution in [1.29, 1.82) is 0 Å². The molecule has 1 saturated heterocycles. The molecular weight excluding hydrogens is 266 g/mol. The van der Waals surface area contributed by atoms with Gasteiger partial charge in [0.25, 0.3) is 0 Å². The van der Waals surface area contributed by atoms with Crippen LogP contribution in [0, 0.1) is 6.92 Å². The van der Waals surface area contributed by atoms with E-state index >= 15 is 0 Å². The molecule has 2 heterocycles. The maximum atomic E-state index is 11.8. The highest BCUT2D eigenvalue weighted by Gasteiger charge is 2.42. The van der Waals surface area contributed by atoms with Crippen molar-refractivity contribution >= 4 is 12.0 Å². The molecule has 1 aliphatic rings. The largest absolute Gasteiger partial charge is 0.480 e. The van der Waals surface area contributed by atoms with Crippen LogP contribution in [0.25, 0.3) is 0 Å². The van der Waals surface area contributed by atoms with Crippen molar-refractivity contribution in [2.45, 2.75) is 26.0 Å². The van der Waals surface area contributed by atoms with Crippen LogP contribution in [0.15, 0.2) is 10.6 Å². The van der Waals surface area contributed by atoms with E-state index < -0.39 is 11.6 Å². The number of carboxylic acids is 1. The lowest BCUT2D eigenvalue weighted by Gasteiger charge is -2.46. The van der Waals surface area contributed by atoms with Crippen molar-refractivity contribution in [2.75, 3.05) is 19.7 Å². The lowest BCUT2D eigenvalue weighted by atomic mass is 9.97. The van der Waals surface area contributed by atoms with Gasteiger partial charge in [0.2, 0.25) is 5.89 Å². The number of carbonyl (C=O) groups excluding carboxylic acids is 1. The number of nitrogens with zero attached hydrogens (tertiary/aromatic N) is 2. The van der Waals surface area contributed by atoms with E-state index in [0.29, 0.717) is 24.7 Å². The Kier molecular flexibility index (Phi) is 3.93. The van der Waals surface area contributed by atoms with Crippen LogP contribution >= 0.6 is 0 Å². The molecule has 0 aliphatic carbocycles. The van der Waals surface area contributed by atoms with Gasteiger partial charge in [-0.3, -0.25) is 0 Å². The molecule has 0 bridgehead atoms. The Hall–Kier alpha value is -2.09. The van der Waals surface area contributed by atoms with Gasteiger partial charge in [-0.1, -0.05) is 0 Å². The first-order valence-corrected chi connectivity index (χ1v) is 6.18. The predicted octanol–water partition coefficient (Wildman–Crippen LogP) is 0.368. The number of aliphatic carboxylic acids is 1. The van der Waals surface area contributed by atoms with Crippen LogP contribution in [0.4, 0.5) is 4.79 Å². The Balaban J connectivity index is 1.72. The molecule has 8 heteroatoms. The standard InChI is InChI=1S/C12H17N3O5/c1-8-3-13-9(20-8)4-14-11(18)15-6-12(2,7-15)19-5-10(16)17/h3H,4-7H2,1-2H3,(H,14,18)(H,16,17). The number of hydrogen-bond acceptors (Lipinski definition) is 5. The van der Waals surface area contributed by atoms with Crippen LogP contribution in [0.2, 0.25) is 0 Å². The van der Waals surface area contributed by atoms with Gasteiger partial charge in [0.05, 0.1) is 25.8 Å². The maximum Gasteiger partial charge on any atom is 0.329 e. The molecule has 2 amide bonds. The molecule has 1 aromatic rings. The summed E-state index contributed by atoms with van der Waals surface area (Å²) in [5.41, 5.74) is -0.588. The average molecular weight is 283 g/mol. The number of aryl methyl sites for hydroxylation is 1. The van der Waals surface area contributed by atoms with Gasteiger partial charge in [0, 0.05) is 0 Å². The van der Waals surface area contributed by atoms with Crippen LogP contribution in [0.3, 0.4) is 0 Å². The molecule has 0 aromatic carbocycles. The van der Waals surface area contributed by atoms with Gasteiger partial charge in [-0.15, -0.1) is 0 Å². The number of carbonyl (C=O) groups is 2. The lowest BCUT2D eigenvalue weighted by molar-refractivity contribution is -0.159. The van der Waals surface area contributed by atoms with Crippen LogP contribution in [0.5, 0.6) is 0 Å². The fourth-order valence-corrected chi connectivity index (χ4v) is 1.98. The summed E-state index contributed by atoms with van der Waals surface area (Å²) < 4.78 is 10.5. The average Bonchev–Trinajstić information content (AvgIpc) is 2.76. The third kappa shape index (κ3) is 3.47. The second kappa shape index (κ2) is 5.49. The van der Waals surface area contributed by atoms with E-state index in [1.807, 2.05) is 0 Å². The zero-order chi connectivity index (χ0) is 14.8. The first kappa shape index (κ1) is 14.3. The van der Waals surface area contributed by atoms with E-state index in [2.05, 4.69) is 10.3 Å². The zero-order valence-electron chi connectivity index (χ0n) is 11.4. The Morgan fingerprint density at radius 1 is 1.60 bits per heavy atom. The summed E-state index contributed by atoms with van der Waals surface area (Å²) in [6, 6.07) is -0.253. The highest BCUT2D eigenvalue weighted by atomic mass is 16.5. The van der Waals surface area contributed by atoms with Crippen LogP contribution in [-0.4, -0.2) is 52.3 Å². The molecule has 2 rings (SSSR count). The monoisotopic (exact) mass is 283 g/mol. The quantitative estimate of drug-likeness (QED) is 0.808. The number of amides is 2. The summed E-state index contributed by atoms with van der Waals surface area (Å²) in [7, 11) is 0. The predicted molar refractivity (Wildman–Crippen MR) is 67.0 cm³/mol. The Labute approximate surface area is 115 Å². The van der Waals surface area contributed by atoms with Crippen molar-refractivity contribution in [1.82, 2.24) is 15.2 Å². The van der Waals surface area contributed by atoms with Crippen LogP contribution in [-0.2, 0) is 16.1 Å². The van der Waals surface area contributed by atoms with Crippen molar-refractivity contribution in [2.24, 2.45) is 0 Å². The van der Waals surface area contributed by atoms with Gasteiger partial charge in [-0.05, 0) is 13.8 Å². The number of carboxylic acid groups (broad SMARTS) is 1. The zero-order valence-corrected chi connectivity index (χ0v) is 11.4. The first-order chi connectivity index (χ1) is 9.38. The molecule has 1 fully saturated rings. The Morgan fingerprint density at radius 3 is 2.85 bits per heavy atom. The summed E-state index contributed by atoms with van der Waals surface area (Å²) in [4.78, 5) is 27.8. The SMILES string of the molecule is Cc1cnc(CNC(=O)N2CC(C)(OCC(=O)O)C2)o1.